The van der Waals surface area contributed by atoms with Crippen molar-refractivity contribution in [2.75, 3.05) is 0 Å². The molecule has 4 amide bonds. The van der Waals surface area contributed by atoms with Gasteiger partial charge in [0.05, 0.1) is 9.79 Å². The van der Waals surface area contributed by atoms with E-state index < -0.39 is 52.0 Å². The Morgan fingerprint density at radius 3 is 1.16 bits per heavy atom. The molecule has 2 rings (SSSR count). The molecule has 11 nitrogen and oxygen atoms in total. The maximum absolute atomic E-state index is 12.6. The summed E-state index contributed by atoms with van der Waals surface area (Å²) in [5.41, 5.74) is 0. The van der Waals surface area contributed by atoms with Gasteiger partial charge in [0.15, 0.2) is 0 Å². The Kier molecular flexibility index (Phi) is 11.0. The predicted octanol–water partition coefficient (Wildman–Crippen LogP) is 3.34. The summed E-state index contributed by atoms with van der Waals surface area (Å²) in [6.45, 7) is 0. The molecule has 2 aromatic carbocycles. The van der Waals surface area contributed by atoms with E-state index in [-0.39, 0.29) is 9.79 Å². The Morgan fingerprint density at radius 1 is 0.595 bits per heavy atom. The summed E-state index contributed by atoms with van der Waals surface area (Å²) in [5, 5.41) is 5.65. The summed E-state index contributed by atoms with van der Waals surface area (Å²) in [6.07, 6.45) is -3.73. The van der Waals surface area contributed by atoms with Gasteiger partial charge in [-0.3, -0.25) is 5.32 Å². The van der Waals surface area contributed by atoms with Crippen LogP contribution < -0.4 is 25.4 Å². The van der Waals surface area contributed by atoms with E-state index in [2.05, 4.69) is 0 Å². The second kappa shape index (κ2) is 12.7. The first kappa shape index (κ1) is 32.0. The molecule has 0 aliphatic rings. The van der Waals surface area contributed by atoms with Crippen molar-refractivity contribution in [3.8, 4) is 0 Å². The lowest BCUT2D eigenvalue weighted by molar-refractivity contribution is 0.222. The molecule has 0 fully saturated rings. The second-order valence-corrected chi connectivity index (χ2v) is 15.1. The number of alkyl halides is 6. The van der Waals surface area contributed by atoms with Gasteiger partial charge in [-0.15, -0.1) is 0 Å². The van der Waals surface area contributed by atoms with Gasteiger partial charge in [-0.25, -0.2) is 26.4 Å². The quantitative estimate of drug-likeness (QED) is 0.213. The van der Waals surface area contributed by atoms with E-state index in [1.54, 1.807) is 17.4 Å². The molecule has 0 bridgehead atoms. The SMILES string of the molecule is O=C(NC(=O)NC(NS(=O)(=O)c1ccccc1)C(Cl)(Cl)Cl)NC(NS(=O)(=O)c1ccccc1)C(Cl)(Cl)Cl. The zero-order valence-electron chi connectivity index (χ0n) is 18.0. The Labute approximate surface area is 242 Å². The van der Waals surface area contributed by atoms with Crippen LogP contribution in [0.2, 0.25) is 0 Å². The van der Waals surface area contributed by atoms with Crippen molar-refractivity contribution >= 4 is 102 Å². The molecule has 37 heavy (non-hydrogen) atoms. The van der Waals surface area contributed by atoms with Crippen LogP contribution in [0.1, 0.15) is 0 Å². The number of halogens is 6. The molecule has 2 unspecified atom stereocenters. The first-order valence-corrected chi connectivity index (χ1v) is 14.8. The summed E-state index contributed by atoms with van der Waals surface area (Å²) in [4.78, 5) is 24.3. The fraction of sp³-hybridized carbons (Fsp3) is 0.222. The number of carbonyl (C=O) groups is 2. The molecule has 0 saturated carbocycles. The molecule has 0 aromatic heterocycles. The minimum atomic E-state index is -4.28. The van der Waals surface area contributed by atoms with Crippen LogP contribution in [0.15, 0.2) is 70.5 Å². The minimum Gasteiger partial charge on any atom is -0.317 e. The maximum Gasteiger partial charge on any atom is 0.324 e. The number of hydrogen-bond acceptors (Lipinski definition) is 6. The first-order chi connectivity index (χ1) is 16.9. The lowest BCUT2D eigenvalue weighted by atomic mass is 10.4. The zero-order valence-corrected chi connectivity index (χ0v) is 24.1. The van der Waals surface area contributed by atoms with E-state index >= 15 is 0 Å². The minimum absolute atomic E-state index is 0.203. The van der Waals surface area contributed by atoms with Crippen molar-refractivity contribution in [1.29, 1.82) is 0 Å². The van der Waals surface area contributed by atoms with E-state index in [1.165, 1.54) is 48.5 Å². The molecule has 5 N–H and O–H groups in total. The molecule has 2 aromatic rings. The van der Waals surface area contributed by atoms with Gasteiger partial charge in [-0.05, 0) is 24.3 Å². The van der Waals surface area contributed by atoms with Crippen LogP contribution in [-0.2, 0) is 20.0 Å². The van der Waals surface area contributed by atoms with Crippen LogP contribution in [0.25, 0.3) is 0 Å². The maximum atomic E-state index is 12.6. The number of imide groups is 1. The van der Waals surface area contributed by atoms with Gasteiger partial charge in [0.25, 0.3) is 0 Å². The van der Waals surface area contributed by atoms with Crippen molar-refractivity contribution in [1.82, 2.24) is 25.4 Å². The number of carbonyl (C=O) groups excluding carboxylic acids is 2. The molecule has 0 radical (unpaired) electrons. The number of amides is 4. The molecule has 19 heteroatoms. The smallest absolute Gasteiger partial charge is 0.317 e. The number of urea groups is 2. The van der Waals surface area contributed by atoms with Gasteiger partial charge in [-0.2, -0.15) is 9.44 Å². The summed E-state index contributed by atoms with van der Waals surface area (Å²) >= 11 is 34.7. The lowest BCUT2D eigenvalue weighted by Crippen LogP contribution is -2.61. The average molecular weight is 676 g/mol. The monoisotopic (exact) mass is 673 g/mol. The normalized spacial score (nSPS) is 14.3. The van der Waals surface area contributed by atoms with Gasteiger partial charge in [0.1, 0.15) is 12.3 Å². The third-order valence-corrected chi connectivity index (χ3v) is 8.27. The van der Waals surface area contributed by atoms with Crippen LogP contribution in [-0.4, -0.2) is 48.8 Å². The third-order valence-electron chi connectivity index (χ3n) is 4.09. The van der Waals surface area contributed by atoms with E-state index in [1.807, 2.05) is 20.1 Å². The number of hydrogen-bond donors (Lipinski definition) is 5. The number of nitrogens with one attached hydrogen (secondary N) is 5. The first-order valence-electron chi connectivity index (χ1n) is 9.58. The molecular weight excluding hydrogens is 659 g/mol. The van der Waals surface area contributed by atoms with E-state index in [0.717, 1.165) is 0 Å². The Bertz CT molecular complexity index is 1200. The molecule has 0 heterocycles. The Morgan fingerprint density at radius 2 is 0.892 bits per heavy atom. The van der Waals surface area contributed by atoms with Gasteiger partial charge in [0, 0.05) is 0 Å². The average Bonchev–Trinajstić information content (AvgIpc) is 2.78. The van der Waals surface area contributed by atoms with Crippen LogP contribution >= 0.6 is 69.6 Å². The van der Waals surface area contributed by atoms with Gasteiger partial charge < -0.3 is 10.6 Å². The van der Waals surface area contributed by atoms with Crippen LogP contribution in [0, 0.1) is 0 Å². The van der Waals surface area contributed by atoms with E-state index in [4.69, 9.17) is 69.6 Å². The molecule has 0 saturated heterocycles. The molecular formula is C18H17Cl6N5O6S2. The Balaban J connectivity index is 2.11. The second-order valence-electron chi connectivity index (χ2n) is 6.89. The number of rotatable bonds is 8. The standard InChI is InChI=1S/C18H17Cl6N5O6S2/c19-17(20,21)13(28-36(32,33)11-7-3-1-4-8-11)25-15(30)27-16(31)26-14(18(22,23)24)29-37(34,35)12-9-5-2-6-10-12/h1-10,13-14,28-29H,(H3,25,26,27,30,31). The highest BCUT2D eigenvalue weighted by atomic mass is 35.6. The number of benzene rings is 2. The fourth-order valence-electron chi connectivity index (χ4n) is 2.44. The summed E-state index contributed by atoms with van der Waals surface area (Å²) in [5.74, 6) is 0. The summed E-state index contributed by atoms with van der Waals surface area (Å²) in [7, 11) is -8.55. The fourth-order valence-corrected chi connectivity index (χ4v) is 5.88. The summed E-state index contributed by atoms with van der Waals surface area (Å²) in [6, 6.07) is 11.2. The number of sulfonamides is 2. The highest BCUT2D eigenvalue weighted by Gasteiger charge is 2.39. The van der Waals surface area contributed by atoms with Crippen molar-refractivity contribution in [3.05, 3.63) is 60.7 Å². The predicted molar refractivity (Wildman–Crippen MR) is 142 cm³/mol. The van der Waals surface area contributed by atoms with Crippen molar-refractivity contribution in [2.45, 2.75) is 29.7 Å². The molecule has 2 atom stereocenters. The van der Waals surface area contributed by atoms with Crippen molar-refractivity contribution in [3.63, 3.8) is 0 Å². The van der Waals surface area contributed by atoms with Gasteiger partial charge in [0.2, 0.25) is 27.6 Å². The molecule has 0 aliphatic heterocycles. The van der Waals surface area contributed by atoms with Crippen LogP contribution in [0.4, 0.5) is 9.59 Å². The van der Waals surface area contributed by atoms with Gasteiger partial charge in [-0.1, -0.05) is 106 Å². The third kappa shape index (κ3) is 10.1. The van der Waals surface area contributed by atoms with Gasteiger partial charge >= 0.3 is 12.1 Å². The highest BCUT2D eigenvalue weighted by Crippen LogP contribution is 2.31. The summed E-state index contributed by atoms with van der Waals surface area (Å²) < 4.78 is 49.3. The molecule has 0 aliphatic carbocycles. The van der Waals surface area contributed by atoms with Crippen LogP contribution in [0.3, 0.4) is 0 Å². The Hall–Kier alpha value is -1.26. The molecule has 0 spiro atoms. The topological polar surface area (TPSA) is 163 Å². The highest BCUT2D eigenvalue weighted by molar-refractivity contribution is 7.89. The zero-order chi connectivity index (χ0) is 28.1. The largest absolute Gasteiger partial charge is 0.324 e. The lowest BCUT2D eigenvalue weighted by Gasteiger charge is -2.28. The van der Waals surface area contributed by atoms with E-state index in [0.29, 0.717) is 0 Å². The van der Waals surface area contributed by atoms with E-state index in [9.17, 15) is 26.4 Å². The van der Waals surface area contributed by atoms with Crippen LogP contribution in [0.5, 0.6) is 0 Å². The molecule has 204 valence electrons. The van der Waals surface area contributed by atoms with Crippen molar-refractivity contribution in [2.24, 2.45) is 0 Å². The van der Waals surface area contributed by atoms with Crippen molar-refractivity contribution < 1.29 is 26.4 Å².